The monoisotopic (exact) mass is 645 g/mol. The van der Waals surface area contributed by atoms with E-state index in [1.807, 2.05) is 0 Å². The molecule has 0 bridgehead atoms. The van der Waals surface area contributed by atoms with Crippen LogP contribution in [0, 0.1) is 0 Å². The van der Waals surface area contributed by atoms with Gasteiger partial charge in [-0.15, -0.1) is 0 Å². The van der Waals surface area contributed by atoms with Crippen LogP contribution in [0.2, 0.25) is 0 Å². The molecule has 3 aromatic carbocycles. The first-order valence-corrected chi connectivity index (χ1v) is 14.9. The van der Waals surface area contributed by atoms with Crippen molar-refractivity contribution in [2.75, 3.05) is 33.3 Å². The number of nitrogens with one attached hydrogen (secondary N) is 2. The Kier molecular flexibility index (Phi) is 13.7. The molecule has 0 unspecified atom stereocenters. The van der Waals surface area contributed by atoms with Crippen molar-refractivity contribution < 1.29 is 44.7 Å². The van der Waals surface area contributed by atoms with Gasteiger partial charge in [0.1, 0.15) is 5.75 Å². The summed E-state index contributed by atoms with van der Waals surface area (Å²) in [6.45, 7) is 1.44. The van der Waals surface area contributed by atoms with Crippen LogP contribution in [0.5, 0.6) is 34.5 Å². The quantitative estimate of drug-likeness (QED) is 0.0689. The Balaban J connectivity index is 1.48. The number of benzene rings is 3. The fraction of sp³-hybridized carbons (Fsp3) is 0.229. The predicted octanol–water partition coefficient (Wildman–Crippen LogP) is 3.89. The van der Waals surface area contributed by atoms with Crippen LogP contribution in [-0.4, -0.2) is 81.4 Å². The Labute approximate surface area is 272 Å². The van der Waals surface area contributed by atoms with E-state index in [0.717, 1.165) is 5.56 Å². The number of ether oxygens (including phenoxy) is 1. The fourth-order valence-corrected chi connectivity index (χ4v) is 4.28. The number of phenolic OH excluding ortho intramolecular Hbond substituents is 5. The lowest BCUT2D eigenvalue weighted by Gasteiger charge is -2.21. The van der Waals surface area contributed by atoms with Gasteiger partial charge in [-0.05, 0) is 90.6 Å². The molecule has 0 radical (unpaired) electrons. The lowest BCUT2D eigenvalue weighted by atomic mass is 10.1. The summed E-state index contributed by atoms with van der Waals surface area (Å²) in [4.78, 5) is 39.2. The molecule has 3 rings (SSSR count). The molecule has 3 amide bonds. The molecule has 248 valence electrons. The fourth-order valence-electron chi connectivity index (χ4n) is 4.28. The number of unbranched alkanes of at least 4 members (excludes halogenated alkanes) is 1. The molecular formula is C35H39N3O9. The molecule has 3 aromatic rings. The maximum atomic E-state index is 13.0. The Bertz CT molecular complexity index is 1620. The van der Waals surface area contributed by atoms with Crippen molar-refractivity contribution in [1.29, 1.82) is 0 Å². The first-order valence-electron chi connectivity index (χ1n) is 14.9. The summed E-state index contributed by atoms with van der Waals surface area (Å²) < 4.78 is 5.00. The van der Waals surface area contributed by atoms with Gasteiger partial charge in [0, 0.05) is 44.4 Å². The van der Waals surface area contributed by atoms with Gasteiger partial charge in [0.05, 0.1) is 7.11 Å². The second kappa shape index (κ2) is 18.2. The van der Waals surface area contributed by atoms with Crippen molar-refractivity contribution in [3.05, 3.63) is 89.5 Å². The smallest absolute Gasteiger partial charge is 0.246 e. The normalized spacial score (nSPS) is 11.3. The van der Waals surface area contributed by atoms with Crippen LogP contribution in [0.25, 0.3) is 18.2 Å². The topological polar surface area (TPSA) is 189 Å². The summed E-state index contributed by atoms with van der Waals surface area (Å²) in [7, 11) is 1.35. The first kappa shape index (κ1) is 35.6. The highest BCUT2D eigenvalue weighted by atomic mass is 16.5. The zero-order valence-corrected chi connectivity index (χ0v) is 25.9. The number of methoxy groups -OCH3 is 1. The number of phenols is 5. The third-order valence-corrected chi connectivity index (χ3v) is 6.83. The summed E-state index contributed by atoms with van der Waals surface area (Å²) in [5, 5.41) is 53.5. The lowest BCUT2D eigenvalue weighted by molar-refractivity contribution is -0.126. The van der Waals surface area contributed by atoms with E-state index in [0.29, 0.717) is 56.6 Å². The number of rotatable bonds is 16. The Morgan fingerprint density at radius 2 is 1.23 bits per heavy atom. The number of amides is 3. The van der Waals surface area contributed by atoms with E-state index in [-0.39, 0.29) is 46.5 Å². The van der Waals surface area contributed by atoms with Crippen LogP contribution >= 0.6 is 0 Å². The minimum Gasteiger partial charge on any atom is -0.508 e. The van der Waals surface area contributed by atoms with Crippen LogP contribution in [0.15, 0.2) is 72.8 Å². The number of hydrogen-bond donors (Lipinski definition) is 7. The number of aromatic hydroxyl groups is 5. The van der Waals surface area contributed by atoms with Crippen molar-refractivity contribution in [3.63, 3.8) is 0 Å². The molecule has 0 heterocycles. The zero-order chi connectivity index (χ0) is 34.2. The SMILES string of the molecule is COc1cc(/C=C/C(=O)NCCCN(CCCCNC(=O)/C=C/c2ccc(O)c(O)c2)C(=O)/C=C/c2ccc(O)cc2)cc(O)c1O. The average molecular weight is 646 g/mol. The van der Waals surface area contributed by atoms with Crippen molar-refractivity contribution in [1.82, 2.24) is 15.5 Å². The largest absolute Gasteiger partial charge is 0.508 e. The van der Waals surface area contributed by atoms with Crippen LogP contribution in [0.4, 0.5) is 0 Å². The van der Waals surface area contributed by atoms with E-state index in [2.05, 4.69) is 10.6 Å². The third-order valence-electron chi connectivity index (χ3n) is 6.83. The van der Waals surface area contributed by atoms with Gasteiger partial charge in [0.15, 0.2) is 23.0 Å². The molecule has 0 aliphatic rings. The lowest BCUT2D eigenvalue weighted by Crippen LogP contribution is -2.34. The van der Waals surface area contributed by atoms with Crippen LogP contribution < -0.4 is 15.4 Å². The molecule has 0 spiro atoms. The molecular weight excluding hydrogens is 606 g/mol. The molecule has 0 fully saturated rings. The van der Waals surface area contributed by atoms with Crippen molar-refractivity contribution in [2.24, 2.45) is 0 Å². The molecule has 12 heteroatoms. The molecule has 0 saturated heterocycles. The molecule has 0 aliphatic heterocycles. The summed E-state index contributed by atoms with van der Waals surface area (Å²) in [6.07, 6.45) is 10.4. The van der Waals surface area contributed by atoms with Gasteiger partial charge >= 0.3 is 0 Å². The van der Waals surface area contributed by atoms with Crippen LogP contribution in [0.3, 0.4) is 0 Å². The van der Waals surface area contributed by atoms with Crippen molar-refractivity contribution >= 4 is 35.9 Å². The predicted molar refractivity (Wildman–Crippen MR) is 178 cm³/mol. The van der Waals surface area contributed by atoms with E-state index >= 15 is 0 Å². The van der Waals surface area contributed by atoms with Gasteiger partial charge in [0.2, 0.25) is 23.5 Å². The number of carbonyl (C=O) groups excluding carboxylic acids is 3. The summed E-state index contributed by atoms with van der Waals surface area (Å²) in [5.74, 6) is -2.04. The first-order chi connectivity index (χ1) is 22.5. The van der Waals surface area contributed by atoms with Gasteiger partial charge in [-0.3, -0.25) is 14.4 Å². The standard InChI is InChI=1S/C35H39N3O9/c1-47-31-23-26(22-30(42)35(31)46)9-15-33(44)37-18-4-20-38(34(45)16-10-24-5-11-27(39)12-6-24)19-3-2-17-36-32(43)14-8-25-7-13-28(40)29(41)21-25/h5-16,21-23,39-42,46H,2-4,17-20H2,1H3,(H,36,43)(H,37,44)/b14-8+,15-9+,16-10+. The van der Waals surface area contributed by atoms with Gasteiger partial charge in [-0.1, -0.05) is 18.2 Å². The maximum Gasteiger partial charge on any atom is 0.246 e. The Hall–Kier alpha value is -5.91. The van der Waals surface area contributed by atoms with Gasteiger partial charge in [0.25, 0.3) is 0 Å². The number of hydrogen-bond acceptors (Lipinski definition) is 9. The van der Waals surface area contributed by atoms with E-state index in [1.54, 1.807) is 29.2 Å². The summed E-state index contributed by atoms with van der Waals surface area (Å²) in [6, 6.07) is 13.4. The number of carbonyl (C=O) groups is 3. The molecule has 47 heavy (non-hydrogen) atoms. The maximum absolute atomic E-state index is 13.0. The summed E-state index contributed by atoms with van der Waals surface area (Å²) >= 11 is 0. The summed E-state index contributed by atoms with van der Waals surface area (Å²) in [5.41, 5.74) is 1.75. The van der Waals surface area contributed by atoms with Crippen molar-refractivity contribution in [2.45, 2.75) is 19.3 Å². The Morgan fingerprint density at radius 3 is 1.89 bits per heavy atom. The van der Waals surface area contributed by atoms with E-state index in [4.69, 9.17) is 4.74 Å². The molecule has 0 aliphatic carbocycles. The highest BCUT2D eigenvalue weighted by Crippen LogP contribution is 2.36. The highest BCUT2D eigenvalue weighted by Gasteiger charge is 2.11. The molecule has 12 nitrogen and oxygen atoms in total. The zero-order valence-electron chi connectivity index (χ0n) is 25.9. The van der Waals surface area contributed by atoms with Crippen LogP contribution in [-0.2, 0) is 14.4 Å². The van der Waals surface area contributed by atoms with Gasteiger partial charge < -0.3 is 45.8 Å². The molecule has 7 N–H and O–H groups in total. The second-order valence-electron chi connectivity index (χ2n) is 10.4. The highest BCUT2D eigenvalue weighted by molar-refractivity contribution is 5.93. The molecule has 0 saturated carbocycles. The number of nitrogens with zero attached hydrogens (tertiary/aromatic N) is 1. The Morgan fingerprint density at radius 1 is 0.660 bits per heavy atom. The molecule has 0 aromatic heterocycles. The van der Waals surface area contributed by atoms with Crippen LogP contribution in [0.1, 0.15) is 36.0 Å². The van der Waals surface area contributed by atoms with E-state index in [9.17, 15) is 39.9 Å². The minimum atomic E-state index is -0.391. The molecule has 0 atom stereocenters. The van der Waals surface area contributed by atoms with E-state index in [1.165, 1.54) is 73.9 Å². The average Bonchev–Trinajstić information content (AvgIpc) is 3.06. The van der Waals surface area contributed by atoms with Gasteiger partial charge in [-0.2, -0.15) is 0 Å². The van der Waals surface area contributed by atoms with E-state index < -0.39 is 5.75 Å². The minimum absolute atomic E-state index is 0.0704. The van der Waals surface area contributed by atoms with Crippen molar-refractivity contribution in [3.8, 4) is 34.5 Å². The second-order valence-corrected chi connectivity index (χ2v) is 10.4. The van der Waals surface area contributed by atoms with Gasteiger partial charge in [-0.25, -0.2) is 0 Å². The third kappa shape index (κ3) is 12.2.